The van der Waals surface area contributed by atoms with Gasteiger partial charge in [0, 0.05) is 17.4 Å². The van der Waals surface area contributed by atoms with Gasteiger partial charge in [-0.25, -0.2) is 0 Å². The molecule has 0 atom stereocenters. The van der Waals surface area contributed by atoms with Gasteiger partial charge in [0.15, 0.2) is 0 Å². The highest BCUT2D eigenvalue weighted by Crippen LogP contribution is 2.58. The zero-order valence-corrected chi connectivity index (χ0v) is 10.8. The summed E-state index contributed by atoms with van der Waals surface area (Å²) in [7, 11) is 0. The van der Waals surface area contributed by atoms with Crippen molar-refractivity contribution in [2.24, 2.45) is 5.41 Å². The maximum atomic E-state index is 9.61. The van der Waals surface area contributed by atoms with E-state index < -0.39 is 0 Å². The lowest BCUT2D eigenvalue weighted by atomic mass is 9.77. The van der Waals surface area contributed by atoms with Gasteiger partial charge >= 0.3 is 0 Å². The molecule has 0 unspecified atom stereocenters. The summed E-state index contributed by atoms with van der Waals surface area (Å²) in [4.78, 5) is 0. The highest BCUT2D eigenvalue weighted by atomic mass is 16.5. The van der Waals surface area contributed by atoms with Crippen LogP contribution in [0.25, 0.3) is 0 Å². The molecule has 0 radical (unpaired) electrons. The van der Waals surface area contributed by atoms with Crippen molar-refractivity contribution in [1.29, 1.82) is 0 Å². The summed E-state index contributed by atoms with van der Waals surface area (Å²) in [6.45, 7) is 0.103. The lowest BCUT2D eigenvalue weighted by molar-refractivity contribution is 0.271. The van der Waals surface area contributed by atoms with Crippen molar-refractivity contribution in [2.45, 2.75) is 69.8 Å². The number of hydrogen-bond donors (Lipinski definition) is 1. The molecule has 1 aromatic rings. The summed E-state index contributed by atoms with van der Waals surface area (Å²) in [5, 5.41) is 13.9. The van der Waals surface area contributed by atoms with Gasteiger partial charge in [-0.1, -0.05) is 5.16 Å². The summed E-state index contributed by atoms with van der Waals surface area (Å²) < 4.78 is 5.52. The lowest BCUT2D eigenvalue weighted by Crippen LogP contribution is -2.15. The second kappa shape index (κ2) is 3.83. The summed E-state index contributed by atoms with van der Waals surface area (Å²) in [5.41, 5.74) is 2.82. The number of rotatable bonds is 3. The lowest BCUT2D eigenvalue weighted by Gasteiger charge is -2.27. The van der Waals surface area contributed by atoms with E-state index in [1.807, 2.05) is 0 Å². The number of aromatic nitrogens is 1. The quantitative estimate of drug-likeness (QED) is 0.889. The SMILES string of the molecule is OCc1c(C2CCC3(CC2)CC3)noc1C1CC1. The smallest absolute Gasteiger partial charge is 0.145 e. The van der Waals surface area contributed by atoms with Crippen molar-refractivity contribution >= 4 is 0 Å². The van der Waals surface area contributed by atoms with Gasteiger partial charge in [0.25, 0.3) is 0 Å². The van der Waals surface area contributed by atoms with E-state index in [1.54, 1.807) is 0 Å². The van der Waals surface area contributed by atoms with Crippen molar-refractivity contribution in [3.05, 3.63) is 17.0 Å². The van der Waals surface area contributed by atoms with Gasteiger partial charge in [-0.15, -0.1) is 0 Å². The highest BCUT2D eigenvalue weighted by Gasteiger charge is 2.46. The molecule has 4 rings (SSSR count). The molecule has 18 heavy (non-hydrogen) atoms. The second-order valence-electron chi connectivity index (χ2n) is 6.62. The topological polar surface area (TPSA) is 46.3 Å². The van der Waals surface area contributed by atoms with Crippen LogP contribution < -0.4 is 0 Å². The van der Waals surface area contributed by atoms with E-state index >= 15 is 0 Å². The Balaban J connectivity index is 1.56. The zero-order chi connectivity index (χ0) is 12.2. The average molecular weight is 247 g/mol. The number of nitrogens with zero attached hydrogens (tertiary/aromatic N) is 1. The van der Waals surface area contributed by atoms with Gasteiger partial charge in [0.05, 0.1) is 12.3 Å². The van der Waals surface area contributed by atoms with Crippen LogP contribution in [-0.4, -0.2) is 10.3 Å². The van der Waals surface area contributed by atoms with Crippen LogP contribution in [0, 0.1) is 5.41 Å². The Morgan fingerprint density at radius 1 is 1.06 bits per heavy atom. The molecule has 3 fully saturated rings. The molecule has 3 nitrogen and oxygen atoms in total. The van der Waals surface area contributed by atoms with Crippen molar-refractivity contribution in [3.63, 3.8) is 0 Å². The van der Waals surface area contributed by atoms with Gasteiger partial charge in [-0.05, 0) is 56.8 Å². The summed E-state index contributed by atoms with van der Waals surface area (Å²) in [6, 6.07) is 0. The Morgan fingerprint density at radius 3 is 2.33 bits per heavy atom. The zero-order valence-electron chi connectivity index (χ0n) is 10.8. The minimum atomic E-state index is 0.103. The molecule has 3 saturated carbocycles. The number of hydrogen-bond acceptors (Lipinski definition) is 3. The van der Waals surface area contributed by atoms with Gasteiger partial charge in [-0.3, -0.25) is 0 Å². The molecular weight excluding hydrogens is 226 g/mol. The van der Waals surface area contributed by atoms with E-state index in [0.29, 0.717) is 11.8 Å². The first-order chi connectivity index (χ1) is 8.81. The van der Waals surface area contributed by atoms with E-state index in [4.69, 9.17) is 4.52 Å². The van der Waals surface area contributed by atoms with Crippen LogP contribution in [0.3, 0.4) is 0 Å². The van der Waals surface area contributed by atoms with Crippen molar-refractivity contribution < 1.29 is 9.63 Å². The van der Waals surface area contributed by atoms with E-state index in [-0.39, 0.29) is 6.61 Å². The molecular formula is C15H21NO2. The van der Waals surface area contributed by atoms with Gasteiger partial charge in [-0.2, -0.15) is 0 Å². The Hall–Kier alpha value is -0.830. The van der Waals surface area contributed by atoms with Crippen LogP contribution in [0.4, 0.5) is 0 Å². The molecule has 0 bridgehead atoms. The maximum absolute atomic E-state index is 9.61. The van der Waals surface area contributed by atoms with Crippen molar-refractivity contribution in [3.8, 4) is 0 Å². The standard InChI is InChI=1S/C15H21NO2/c17-9-12-13(16-18-14(12)11-1-2-11)10-3-5-15(6-4-10)7-8-15/h10-11,17H,1-9H2. The normalized spacial score (nSPS) is 26.7. The molecule has 3 aliphatic carbocycles. The molecule has 0 saturated heterocycles. The predicted molar refractivity (Wildman–Crippen MR) is 67.3 cm³/mol. The van der Waals surface area contributed by atoms with Crippen LogP contribution in [0.1, 0.15) is 80.2 Å². The molecule has 98 valence electrons. The fourth-order valence-electron chi connectivity index (χ4n) is 3.66. The molecule has 1 spiro atoms. The summed E-state index contributed by atoms with van der Waals surface area (Å²) >= 11 is 0. The monoisotopic (exact) mass is 247 g/mol. The highest BCUT2D eigenvalue weighted by molar-refractivity contribution is 5.30. The third-order valence-electron chi connectivity index (χ3n) is 5.35. The first-order valence-corrected chi connectivity index (χ1v) is 7.40. The number of aliphatic hydroxyl groups excluding tert-OH is 1. The molecule has 1 heterocycles. The number of aliphatic hydroxyl groups is 1. The Labute approximate surface area is 108 Å². The predicted octanol–water partition coefficient (Wildman–Crippen LogP) is 3.48. The van der Waals surface area contributed by atoms with E-state index in [0.717, 1.165) is 22.4 Å². The van der Waals surface area contributed by atoms with Crippen LogP contribution in [-0.2, 0) is 6.61 Å². The molecule has 0 aromatic carbocycles. The Morgan fingerprint density at radius 2 is 1.78 bits per heavy atom. The third kappa shape index (κ3) is 1.71. The Kier molecular flexibility index (Phi) is 2.35. The summed E-state index contributed by atoms with van der Waals surface area (Å²) in [5.74, 6) is 2.07. The molecule has 1 N–H and O–H groups in total. The van der Waals surface area contributed by atoms with Crippen LogP contribution in [0.15, 0.2) is 4.52 Å². The first kappa shape index (κ1) is 11.0. The second-order valence-corrected chi connectivity index (χ2v) is 6.62. The minimum absolute atomic E-state index is 0.103. The van der Waals surface area contributed by atoms with Crippen molar-refractivity contribution in [2.75, 3.05) is 0 Å². The van der Waals surface area contributed by atoms with Gasteiger partial charge in [0.2, 0.25) is 0 Å². The van der Waals surface area contributed by atoms with Crippen LogP contribution in [0.2, 0.25) is 0 Å². The van der Waals surface area contributed by atoms with E-state index in [9.17, 15) is 5.11 Å². The molecule has 3 heteroatoms. The van der Waals surface area contributed by atoms with Crippen LogP contribution >= 0.6 is 0 Å². The minimum Gasteiger partial charge on any atom is -0.391 e. The molecule has 0 amide bonds. The average Bonchev–Trinajstić information content (AvgIpc) is 3.32. The van der Waals surface area contributed by atoms with Gasteiger partial charge < -0.3 is 9.63 Å². The van der Waals surface area contributed by atoms with Crippen molar-refractivity contribution in [1.82, 2.24) is 5.16 Å². The Bertz CT molecular complexity index is 447. The molecule has 0 aliphatic heterocycles. The van der Waals surface area contributed by atoms with Gasteiger partial charge in [0.1, 0.15) is 5.76 Å². The first-order valence-electron chi connectivity index (χ1n) is 7.40. The van der Waals surface area contributed by atoms with E-state index in [2.05, 4.69) is 5.16 Å². The van der Waals surface area contributed by atoms with E-state index in [1.165, 1.54) is 51.4 Å². The molecule has 1 aromatic heterocycles. The maximum Gasteiger partial charge on any atom is 0.145 e. The largest absolute Gasteiger partial charge is 0.391 e. The summed E-state index contributed by atoms with van der Waals surface area (Å²) in [6.07, 6.45) is 10.5. The van der Waals surface area contributed by atoms with Crippen LogP contribution in [0.5, 0.6) is 0 Å². The molecule has 3 aliphatic rings. The fourth-order valence-corrected chi connectivity index (χ4v) is 3.66. The fraction of sp³-hybridized carbons (Fsp3) is 0.800. The third-order valence-corrected chi connectivity index (χ3v) is 5.35.